The zero-order valence-electron chi connectivity index (χ0n) is 11.5. The van der Waals surface area contributed by atoms with Gasteiger partial charge in [-0.2, -0.15) is 0 Å². The molecule has 2 aromatic carbocycles. The molecule has 0 atom stereocenters. The zero-order chi connectivity index (χ0) is 15.4. The molecule has 0 aliphatic heterocycles. The Balaban J connectivity index is 1.91. The predicted molar refractivity (Wildman–Crippen MR) is 84.7 cm³/mol. The van der Waals surface area contributed by atoms with E-state index in [2.05, 4.69) is 14.7 Å². The molecule has 0 saturated heterocycles. The van der Waals surface area contributed by atoms with Crippen molar-refractivity contribution in [2.24, 2.45) is 0 Å². The maximum atomic E-state index is 12.3. The molecular weight excluding hydrogens is 298 g/mol. The topological polar surface area (TPSA) is 72.0 Å². The molecule has 3 aromatic rings. The van der Waals surface area contributed by atoms with Crippen LogP contribution in [-0.2, 0) is 10.0 Å². The number of sulfonamides is 1. The average Bonchev–Trinajstić information content (AvgIpc) is 2.56. The van der Waals surface area contributed by atoms with E-state index in [1.54, 1.807) is 24.3 Å². The van der Waals surface area contributed by atoms with Gasteiger partial charge in [-0.1, -0.05) is 48.5 Å². The van der Waals surface area contributed by atoms with Gasteiger partial charge in [-0.25, -0.2) is 23.1 Å². The van der Waals surface area contributed by atoms with E-state index in [-0.39, 0.29) is 10.8 Å². The summed E-state index contributed by atoms with van der Waals surface area (Å²) in [5.41, 5.74) is 1.55. The van der Waals surface area contributed by atoms with Crippen LogP contribution < -0.4 is 4.72 Å². The van der Waals surface area contributed by atoms with Crippen molar-refractivity contribution in [2.45, 2.75) is 4.90 Å². The minimum absolute atomic E-state index is 0.0465. The Hall–Kier alpha value is -2.73. The Morgan fingerprint density at radius 1 is 0.818 bits per heavy atom. The molecular formula is C16H13N3O2S. The summed E-state index contributed by atoms with van der Waals surface area (Å²) in [6.07, 6.45) is 1.53. The Bertz CT molecular complexity index is 866. The summed E-state index contributed by atoms with van der Waals surface area (Å²) in [6, 6.07) is 19.3. The first-order valence-corrected chi connectivity index (χ1v) is 8.10. The van der Waals surface area contributed by atoms with Gasteiger partial charge in [-0.3, -0.25) is 0 Å². The summed E-state index contributed by atoms with van der Waals surface area (Å²) in [6.45, 7) is 0. The van der Waals surface area contributed by atoms with E-state index < -0.39 is 10.0 Å². The lowest BCUT2D eigenvalue weighted by atomic mass is 10.1. The lowest BCUT2D eigenvalue weighted by Gasteiger charge is -2.07. The van der Waals surface area contributed by atoms with Crippen molar-refractivity contribution < 1.29 is 8.42 Å². The largest absolute Gasteiger partial charge is 0.264 e. The molecule has 0 radical (unpaired) electrons. The highest BCUT2D eigenvalue weighted by Gasteiger charge is 2.15. The van der Waals surface area contributed by atoms with Crippen molar-refractivity contribution in [1.29, 1.82) is 0 Å². The van der Waals surface area contributed by atoms with Crippen LogP contribution in [0.4, 0.5) is 5.95 Å². The normalized spacial score (nSPS) is 11.1. The van der Waals surface area contributed by atoms with E-state index >= 15 is 0 Å². The van der Waals surface area contributed by atoms with Crippen LogP contribution in [0.2, 0.25) is 0 Å². The predicted octanol–water partition coefficient (Wildman–Crippen LogP) is 2.94. The van der Waals surface area contributed by atoms with Crippen LogP contribution in [0.3, 0.4) is 0 Å². The summed E-state index contributed by atoms with van der Waals surface area (Å²) in [5, 5.41) is 0. The van der Waals surface area contributed by atoms with Gasteiger partial charge in [0.1, 0.15) is 0 Å². The summed E-state index contributed by atoms with van der Waals surface area (Å²) >= 11 is 0. The number of nitrogens with zero attached hydrogens (tertiary/aromatic N) is 2. The number of benzene rings is 2. The molecule has 0 fully saturated rings. The molecule has 0 saturated carbocycles. The molecule has 0 aliphatic rings. The molecule has 110 valence electrons. The van der Waals surface area contributed by atoms with Gasteiger partial charge < -0.3 is 0 Å². The molecule has 0 amide bonds. The van der Waals surface area contributed by atoms with Crippen LogP contribution in [0.5, 0.6) is 0 Å². The highest BCUT2D eigenvalue weighted by Crippen LogP contribution is 2.18. The second kappa shape index (κ2) is 5.95. The highest BCUT2D eigenvalue weighted by molar-refractivity contribution is 7.92. The van der Waals surface area contributed by atoms with Crippen molar-refractivity contribution >= 4 is 16.0 Å². The Labute approximate surface area is 128 Å². The Morgan fingerprint density at radius 2 is 1.45 bits per heavy atom. The van der Waals surface area contributed by atoms with Crippen LogP contribution in [0, 0.1) is 0 Å². The summed E-state index contributed by atoms with van der Waals surface area (Å²) in [4.78, 5) is 8.40. The second-order valence-electron chi connectivity index (χ2n) is 4.55. The smallest absolute Gasteiger partial charge is 0.247 e. The first-order chi connectivity index (χ1) is 10.6. The maximum Gasteiger partial charge on any atom is 0.264 e. The van der Waals surface area contributed by atoms with E-state index in [9.17, 15) is 8.42 Å². The fourth-order valence-corrected chi connectivity index (χ4v) is 2.93. The first kappa shape index (κ1) is 14.2. The molecule has 0 bridgehead atoms. The minimum Gasteiger partial charge on any atom is -0.247 e. The van der Waals surface area contributed by atoms with Gasteiger partial charge in [-0.05, 0) is 18.2 Å². The molecule has 3 rings (SSSR count). The number of hydrogen-bond donors (Lipinski definition) is 1. The quantitative estimate of drug-likeness (QED) is 0.804. The van der Waals surface area contributed by atoms with E-state index in [0.29, 0.717) is 5.69 Å². The van der Waals surface area contributed by atoms with Gasteiger partial charge in [-0.15, -0.1) is 0 Å². The second-order valence-corrected chi connectivity index (χ2v) is 6.23. The third kappa shape index (κ3) is 3.12. The van der Waals surface area contributed by atoms with Gasteiger partial charge in [0.25, 0.3) is 10.0 Å². The fourth-order valence-electron chi connectivity index (χ4n) is 1.96. The molecule has 0 aliphatic carbocycles. The van der Waals surface area contributed by atoms with Crippen molar-refractivity contribution in [2.75, 3.05) is 4.72 Å². The Kier molecular flexibility index (Phi) is 3.84. The van der Waals surface area contributed by atoms with Crippen LogP contribution in [0.25, 0.3) is 11.3 Å². The molecule has 6 heteroatoms. The molecule has 0 unspecified atom stereocenters. The average molecular weight is 311 g/mol. The number of rotatable bonds is 4. The van der Waals surface area contributed by atoms with Crippen LogP contribution in [0.1, 0.15) is 0 Å². The Morgan fingerprint density at radius 3 is 2.14 bits per heavy atom. The third-order valence-corrected chi connectivity index (χ3v) is 4.35. The van der Waals surface area contributed by atoms with Gasteiger partial charge in [0.05, 0.1) is 10.6 Å². The number of aromatic nitrogens is 2. The van der Waals surface area contributed by atoms with E-state index in [4.69, 9.17) is 0 Å². The van der Waals surface area contributed by atoms with Crippen LogP contribution in [0.15, 0.2) is 77.8 Å². The first-order valence-electron chi connectivity index (χ1n) is 6.61. The van der Waals surface area contributed by atoms with Crippen LogP contribution >= 0.6 is 0 Å². The number of nitrogens with one attached hydrogen (secondary N) is 1. The van der Waals surface area contributed by atoms with Crippen molar-refractivity contribution in [3.63, 3.8) is 0 Å². The monoisotopic (exact) mass is 311 g/mol. The van der Waals surface area contributed by atoms with E-state index in [1.165, 1.54) is 18.3 Å². The molecule has 0 spiro atoms. The van der Waals surface area contributed by atoms with Gasteiger partial charge in [0.15, 0.2) is 0 Å². The van der Waals surface area contributed by atoms with Crippen LogP contribution in [-0.4, -0.2) is 18.4 Å². The zero-order valence-corrected chi connectivity index (χ0v) is 12.4. The minimum atomic E-state index is -3.69. The number of anilines is 1. The molecule has 1 N–H and O–H groups in total. The van der Waals surface area contributed by atoms with Gasteiger partial charge >= 0.3 is 0 Å². The highest BCUT2D eigenvalue weighted by atomic mass is 32.2. The summed E-state index contributed by atoms with van der Waals surface area (Å²) in [5.74, 6) is 0.0465. The van der Waals surface area contributed by atoms with Gasteiger partial charge in [0.2, 0.25) is 5.95 Å². The molecule has 1 aromatic heterocycles. The van der Waals surface area contributed by atoms with Gasteiger partial charge in [0, 0.05) is 11.8 Å². The van der Waals surface area contributed by atoms with Crippen molar-refractivity contribution in [1.82, 2.24) is 9.97 Å². The molecule has 5 nitrogen and oxygen atoms in total. The van der Waals surface area contributed by atoms with E-state index in [0.717, 1.165) is 5.56 Å². The summed E-state index contributed by atoms with van der Waals surface area (Å²) in [7, 11) is -3.69. The summed E-state index contributed by atoms with van der Waals surface area (Å²) < 4.78 is 26.9. The van der Waals surface area contributed by atoms with Crippen molar-refractivity contribution in [3.05, 3.63) is 72.9 Å². The lowest BCUT2D eigenvalue weighted by molar-refractivity contribution is 0.601. The molecule has 22 heavy (non-hydrogen) atoms. The fraction of sp³-hybridized carbons (Fsp3) is 0. The standard InChI is InChI=1S/C16H13N3O2S/c20-22(21,14-9-5-2-6-10-14)19-16-17-12-11-15(18-16)13-7-3-1-4-8-13/h1-12H,(H,17,18,19). The maximum absolute atomic E-state index is 12.3. The lowest BCUT2D eigenvalue weighted by Crippen LogP contribution is -2.15. The number of hydrogen-bond acceptors (Lipinski definition) is 4. The molecule has 1 heterocycles. The SMILES string of the molecule is O=S(=O)(Nc1nccc(-c2ccccc2)n1)c1ccccc1. The van der Waals surface area contributed by atoms with Crippen molar-refractivity contribution in [3.8, 4) is 11.3 Å². The van der Waals surface area contributed by atoms with E-state index in [1.807, 2.05) is 30.3 Å². The third-order valence-electron chi connectivity index (χ3n) is 3.00.